The van der Waals surface area contributed by atoms with Gasteiger partial charge < -0.3 is 5.32 Å². The molecule has 1 saturated heterocycles. The number of aromatic nitrogens is 2. The van der Waals surface area contributed by atoms with Crippen molar-refractivity contribution in [3.63, 3.8) is 0 Å². The van der Waals surface area contributed by atoms with Crippen molar-refractivity contribution in [2.45, 2.75) is 36.5 Å². The fourth-order valence-corrected chi connectivity index (χ4v) is 5.45. The summed E-state index contributed by atoms with van der Waals surface area (Å²) < 4.78 is 78.5. The van der Waals surface area contributed by atoms with Crippen molar-refractivity contribution in [1.82, 2.24) is 19.6 Å². The maximum atomic E-state index is 13.2. The molecule has 2 aromatic heterocycles. The number of sulfonamides is 1. The molecule has 0 spiro atoms. The van der Waals surface area contributed by atoms with E-state index in [9.17, 15) is 30.8 Å². The Morgan fingerprint density at radius 1 is 1.09 bits per heavy atom. The van der Waals surface area contributed by atoms with E-state index in [1.54, 1.807) is 12.1 Å². The molecule has 1 aliphatic rings. The maximum absolute atomic E-state index is 13.2. The highest BCUT2D eigenvalue weighted by Gasteiger charge is 2.39. The monoisotopic (exact) mass is 508 g/mol. The summed E-state index contributed by atoms with van der Waals surface area (Å²) >= 11 is 0. The first-order valence-corrected chi connectivity index (χ1v) is 12.0. The Hall–Kier alpha value is -3.38. The lowest BCUT2D eigenvalue weighted by Gasteiger charge is -2.23. The zero-order chi connectivity index (χ0) is 25.2. The van der Waals surface area contributed by atoms with Crippen molar-refractivity contribution in [1.29, 1.82) is 0 Å². The number of pyridine rings is 2. The molecule has 1 N–H and O–H groups in total. The molecule has 1 amide bonds. The van der Waals surface area contributed by atoms with Crippen LogP contribution in [0.4, 0.5) is 17.6 Å². The van der Waals surface area contributed by atoms with Crippen LogP contribution in [-0.4, -0.2) is 41.2 Å². The molecule has 1 aromatic carbocycles. The first-order valence-electron chi connectivity index (χ1n) is 10.6. The van der Waals surface area contributed by atoms with Gasteiger partial charge in [0, 0.05) is 24.5 Å². The number of nitrogens with one attached hydrogen (secondary N) is 1. The summed E-state index contributed by atoms with van der Waals surface area (Å²) in [6.07, 6.45) is -1.48. The van der Waals surface area contributed by atoms with Crippen molar-refractivity contribution in [2.24, 2.45) is 0 Å². The number of hydrogen-bond acceptors (Lipinski definition) is 5. The summed E-state index contributed by atoms with van der Waals surface area (Å²) in [4.78, 5) is 20.7. The standard InChI is InChI=1S/C23H20F4N4O3S/c24-17-4-6-19(7-5-17)35(33,34)31-11-1-2-21(31)22(32)30-14-18-12-15(9-10-28-18)20-8-3-16(13-29-20)23(25,26)27/h3-10,12-13,21H,1-2,11,14H2,(H,30,32). The average molecular weight is 508 g/mol. The molecule has 12 heteroatoms. The number of carbonyl (C=O) groups is 1. The van der Waals surface area contributed by atoms with E-state index in [0.29, 0.717) is 29.8 Å². The van der Waals surface area contributed by atoms with Gasteiger partial charge in [0.2, 0.25) is 15.9 Å². The molecular weight excluding hydrogens is 488 g/mol. The number of carbonyl (C=O) groups excluding carboxylic acids is 1. The average Bonchev–Trinajstić information content (AvgIpc) is 3.34. The molecule has 3 heterocycles. The molecule has 184 valence electrons. The van der Waals surface area contributed by atoms with Crippen LogP contribution in [0.25, 0.3) is 11.3 Å². The van der Waals surface area contributed by atoms with Crippen LogP contribution in [0.15, 0.2) is 65.8 Å². The van der Waals surface area contributed by atoms with Gasteiger partial charge in [-0.15, -0.1) is 0 Å². The van der Waals surface area contributed by atoms with Gasteiger partial charge in [-0.2, -0.15) is 17.5 Å². The van der Waals surface area contributed by atoms with Gasteiger partial charge in [-0.05, 0) is 61.4 Å². The molecule has 3 aromatic rings. The van der Waals surface area contributed by atoms with Crippen LogP contribution in [-0.2, 0) is 27.5 Å². The molecule has 1 fully saturated rings. The van der Waals surface area contributed by atoms with Crippen LogP contribution in [0, 0.1) is 5.82 Å². The second-order valence-corrected chi connectivity index (χ2v) is 9.80. The third-order valence-corrected chi connectivity index (χ3v) is 7.50. The summed E-state index contributed by atoms with van der Waals surface area (Å²) in [7, 11) is -3.99. The zero-order valence-electron chi connectivity index (χ0n) is 18.2. The van der Waals surface area contributed by atoms with Crippen molar-refractivity contribution < 1.29 is 30.8 Å². The predicted octanol–water partition coefficient (Wildman–Crippen LogP) is 3.77. The Kier molecular flexibility index (Phi) is 6.86. The summed E-state index contributed by atoms with van der Waals surface area (Å²) in [5, 5.41) is 2.67. The predicted molar refractivity (Wildman–Crippen MR) is 118 cm³/mol. The van der Waals surface area contributed by atoms with E-state index in [0.717, 1.165) is 40.8 Å². The van der Waals surface area contributed by atoms with Crippen molar-refractivity contribution in [3.05, 3.63) is 78.0 Å². The van der Waals surface area contributed by atoms with E-state index in [-0.39, 0.29) is 18.0 Å². The van der Waals surface area contributed by atoms with Gasteiger partial charge in [-0.1, -0.05) is 0 Å². The van der Waals surface area contributed by atoms with Gasteiger partial charge in [0.25, 0.3) is 0 Å². The fourth-order valence-electron chi connectivity index (χ4n) is 3.79. The van der Waals surface area contributed by atoms with Crippen LogP contribution in [0.5, 0.6) is 0 Å². The Bertz CT molecular complexity index is 1310. The highest BCUT2D eigenvalue weighted by molar-refractivity contribution is 7.89. The van der Waals surface area contributed by atoms with Crippen molar-refractivity contribution in [3.8, 4) is 11.3 Å². The largest absolute Gasteiger partial charge is 0.417 e. The molecule has 1 aliphatic heterocycles. The lowest BCUT2D eigenvalue weighted by molar-refractivity contribution is -0.137. The molecule has 1 unspecified atom stereocenters. The molecule has 0 saturated carbocycles. The van der Waals surface area contributed by atoms with Gasteiger partial charge in [0.15, 0.2) is 0 Å². The number of rotatable bonds is 6. The van der Waals surface area contributed by atoms with E-state index >= 15 is 0 Å². The van der Waals surface area contributed by atoms with E-state index in [1.807, 2.05) is 0 Å². The smallest absolute Gasteiger partial charge is 0.349 e. The van der Waals surface area contributed by atoms with Gasteiger partial charge in [-0.3, -0.25) is 14.8 Å². The van der Waals surface area contributed by atoms with Crippen LogP contribution >= 0.6 is 0 Å². The fraction of sp³-hybridized carbons (Fsp3) is 0.261. The summed E-state index contributed by atoms with van der Waals surface area (Å²) in [5.74, 6) is -1.08. The third-order valence-electron chi connectivity index (χ3n) is 5.57. The minimum Gasteiger partial charge on any atom is -0.349 e. The van der Waals surface area contributed by atoms with Gasteiger partial charge in [0.1, 0.15) is 11.9 Å². The Balaban J connectivity index is 1.44. The summed E-state index contributed by atoms with van der Waals surface area (Å²) in [6.45, 7) is 0.138. The van der Waals surface area contributed by atoms with Gasteiger partial charge in [0.05, 0.1) is 28.4 Å². The quantitative estimate of drug-likeness (QED) is 0.512. The second-order valence-electron chi connectivity index (χ2n) is 7.91. The maximum Gasteiger partial charge on any atom is 0.417 e. The Morgan fingerprint density at radius 3 is 2.49 bits per heavy atom. The highest BCUT2D eigenvalue weighted by atomic mass is 32.2. The lowest BCUT2D eigenvalue weighted by Crippen LogP contribution is -2.45. The molecule has 7 nitrogen and oxygen atoms in total. The zero-order valence-corrected chi connectivity index (χ0v) is 19.0. The summed E-state index contributed by atoms with van der Waals surface area (Å²) in [6, 6.07) is 8.81. The van der Waals surface area contributed by atoms with E-state index in [1.165, 1.54) is 12.3 Å². The minimum absolute atomic E-state index is 0.0196. The molecule has 0 radical (unpaired) electrons. The Labute approximate surface area is 198 Å². The number of nitrogens with zero attached hydrogens (tertiary/aromatic N) is 3. The van der Waals surface area contributed by atoms with Crippen LogP contribution in [0.1, 0.15) is 24.1 Å². The third kappa shape index (κ3) is 5.49. The first-order chi connectivity index (χ1) is 16.6. The molecule has 35 heavy (non-hydrogen) atoms. The lowest BCUT2D eigenvalue weighted by atomic mass is 10.1. The Morgan fingerprint density at radius 2 is 1.83 bits per heavy atom. The number of hydrogen-bond donors (Lipinski definition) is 1. The van der Waals surface area contributed by atoms with E-state index < -0.39 is 39.5 Å². The van der Waals surface area contributed by atoms with E-state index in [2.05, 4.69) is 15.3 Å². The van der Waals surface area contributed by atoms with Crippen LogP contribution in [0.3, 0.4) is 0 Å². The molecule has 0 bridgehead atoms. The topological polar surface area (TPSA) is 92.3 Å². The highest BCUT2D eigenvalue weighted by Crippen LogP contribution is 2.30. The SMILES string of the molecule is O=C(NCc1cc(-c2ccc(C(F)(F)F)cn2)ccn1)C1CCCN1S(=O)(=O)c1ccc(F)cc1. The molecule has 4 rings (SSSR count). The van der Waals surface area contributed by atoms with Crippen LogP contribution < -0.4 is 5.32 Å². The normalized spacial score (nSPS) is 16.9. The molecule has 0 aliphatic carbocycles. The van der Waals surface area contributed by atoms with Crippen molar-refractivity contribution >= 4 is 15.9 Å². The second kappa shape index (κ2) is 9.70. The first kappa shape index (κ1) is 24.7. The number of halogens is 4. The number of benzene rings is 1. The summed E-state index contributed by atoms with van der Waals surface area (Å²) in [5.41, 5.74) is 0.377. The molecular formula is C23H20F4N4O3S. The number of alkyl halides is 3. The van der Waals surface area contributed by atoms with E-state index in [4.69, 9.17) is 0 Å². The minimum atomic E-state index is -4.49. The molecule has 1 atom stereocenters. The van der Waals surface area contributed by atoms with Gasteiger partial charge >= 0.3 is 6.18 Å². The number of amides is 1. The van der Waals surface area contributed by atoms with Crippen LogP contribution in [0.2, 0.25) is 0 Å². The van der Waals surface area contributed by atoms with Crippen molar-refractivity contribution in [2.75, 3.05) is 6.54 Å². The van der Waals surface area contributed by atoms with Gasteiger partial charge in [-0.25, -0.2) is 12.8 Å².